The van der Waals surface area contributed by atoms with Crippen LogP contribution in [0, 0.1) is 0 Å². The maximum absolute atomic E-state index is 12.6. The summed E-state index contributed by atoms with van der Waals surface area (Å²) in [6, 6.07) is 21.0. The first-order valence-electron chi connectivity index (χ1n) is 12.3. The molecule has 6 rings (SSSR count). The van der Waals surface area contributed by atoms with Gasteiger partial charge in [0.15, 0.2) is 0 Å². The molecule has 4 aromatic heterocycles. The van der Waals surface area contributed by atoms with Crippen LogP contribution in [0.2, 0.25) is 0 Å². The number of aromatic nitrogens is 4. The molecule has 0 radical (unpaired) electrons. The topological polar surface area (TPSA) is 112 Å². The van der Waals surface area contributed by atoms with Crippen molar-refractivity contribution in [1.29, 1.82) is 0 Å². The highest BCUT2D eigenvalue weighted by atomic mass is 16.3. The molecule has 0 saturated carbocycles. The Morgan fingerprint density at radius 2 is 1.90 bits per heavy atom. The SMILES string of the molecule is C=Nc1[nH]c(-c2n[nH]c3ccc(-c4cncc(NC(=O)c5ccccc5)c4)cc23)cc1/C(=C\C)c1ccoc1. The van der Waals surface area contributed by atoms with Crippen LogP contribution in [-0.2, 0) is 0 Å². The quantitative estimate of drug-likeness (QED) is 0.196. The number of aliphatic imine (C=N–C) groups is 1. The summed E-state index contributed by atoms with van der Waals surface area (Å²) >= 11 is 0. The van der Waals surface area contributed by atoms with Crippen molar-refractivity contribution in [1.82, 2.24) is 20.2 Å². The Morgan fingerprint density at radius 3 is 2.67 bits per heavy atom. The molecule has 8 nitrogen and oxygen atoms in total. The second kappa shape index (κ2) is 10.1. The Bertz CT molecular complexity index is 1830. The predicted molar refractivity (Wildman–Crippen MR) is 154 cm³/mol. The number of allylic oxidation sites excluding steroid dienone is 1. The number of H-pyrrole nitrogens is 2. The monoisotopic (exact) mass is 512 g/mol. The smallest absolute Gasteiger partial charge is 0.255 e. The van der Waals surface area contributed by atoms with Crippen molar-refractivity contribution in [2.24, 2.45) is 4.99 Å². The third-order valence-corrected chi connectivity index (χ3v) is 6.55. The molecule has 0 bridgehead atoms. The Morgan fingerprint density at radius 1 is 1.03 bits per heavy atom. The van der Waals surface area contributed by atoms with Crippen molar-refractivity contribution in [2.45, 2.75) is 6.92 Å². The normalized spacial score (nSPS) is 11.6. The van der Waals surface area contributed by atoms with E-state index in [2.05, 4.69) is 43.3 Å². The highest BCUT2D eigenvalue weighted by molar-refractivity contribution is 6.04. The number of hydrogen-bond donors (Lipinski definition) is 3. The standard InChI is InChI=1S/C31H24N6O2/c1-3-24(21-11-12-39-18-21)25-15-28(35-30(25)32-2)29-26-14-20(9-10-27(26)36-37-29)22-13-23(17-33-16-22)34-31(38)19-7-5-4-6-8-19/h3-18,35H,2H2,1H3,(H,34,38)(H,36,37)/b24-3-. The minimum atomic E-state index is -0.188. The number of aromatic amines is 2. The molecule has 0 aliphatic carbocycles. The van der Waals surface area contributed by atoms with Gasteiger partial charge in [0, 0.05) is 33.8 Å². The van der Waals surface area contributed by atoms with Gasteiger partial charge < -0.3 is 14.7 Å². The number of pyridine rings is 1. The van der Waals surface area contributed by atoms with Crippen molar-refractivity contribution >= 4 is 40.6 Å². The van der Waals surface area contributed by atoms with E-state index in [9.17, 15) is 4.79 Å². The Balaban J connectivity index is 1.35. The van der Waals surface area contributed by atoms with Crippen LogP contribution in [0.3, 0.4) is 0 Å². The lowest BCUT2D eigenvalue weighted by atomic mass is 10.0. The average molecular weight is 513 g/mol. The molecule has 0 saturated heterocycles. The fraction of sp³-hybridized carbons (Fsp3) is 0.0323. The third kappa shape index (κ3) is 4.55. The molecule has 8 heteroatoms. The van der Waals surface area contributed by atoms with Crippen LogP contribution in [0.15, 0.2) is 107 Å². The van der Waals surface area contributed by atoms with Crippen molar-refractivity contribution in [3.63, 3.8) is 0 Å². The van der Waals surface area contributed by atoms with Gasteiger partial charge in [-0.15, -0.1) is 0 Å². The molecule has 190 valence electrons. The van der Waals surface area contributed by atoms with Gasteiger partial charge in [0.25, 0.3) is 5.91 Å². The number of nitrogens with zero attached hydrogens (tertiary/aromatic N) is 3. The Hall–Kier alpha value is -5.50. The van der Waals surface area contributed by atoms with Crippen LogP contribution in [-0.4, -0.2) is 32.8 Å². The zero-order valence-corrected chi connectivity index (χ0v) is 21.1. The van der Waals surface area contributed by atoms with Gasteiger partial charge in [-0.3, -0.25) is 14.9 Å². The first-order chi connectivity index (χ1) is 19.1. The molecule has 0 aliphatic rings. The number of carbonyl (C=O) groups is 1. The van der Waals surface area contributed by atoms with Crippen molar-refractivity contribution in [3.8, 4) is 22.5 Å². The maximum atomic E-state index is 12.6. The van der Waals surface area contributed by atoms with E-state index in [1.54, 1.807) is 37.1 Å². The summed E-state index contributed by atoms with van der Waals surface area (Å²) in [7, 11) is 0. The molecular weight excluding hydrogens is 488 g/mol. The number of furan rings is 1. The second-order valence-electron chi connectivity index (χ2n) is 8.93. The van der Waals surface area contributed by atoms with E-state index in [0.717, 1.165) is 50.1 Å². The van der Waals surface area contributed by atoms with Crippen LogP contribution >= 0.6 is 0 Å². The van der Waals surface area contributed by atoms with Crippen molar-refractivity contribution in [3.05, 3.63) is 114 Å². The second-order valence-corrected chi connectivity index (χ2v) is 8.93. The number of fused-ring (bicyclic) bond motifs is 1. The fourth-order valence-corrected chi connectivity index (χ4v) is 4.65. The number of hydrogen-bond acceptors (Lipinski definition) is 5. The Labute approximate surface area is 224 Å². The minimum absolute atomic E-state index is 0.188. The van der Waals surface area contributed by atoms with Crippen LogP contribution in [0.5, 0.6) is 0 Å². The number of rotatable bonds is 7. The molecule has 0 unspecified atom stereocenters. The van der Waals surface area contributed by atoms with Crippen LogP contribution in [0.4, 0.5) is 11.5 Å². The van der Waals surface area contributed by atoms with Crippen LogP contribution in [0.25, 0.3) is 39.0 Å². The third-order valence-electron chi connectivity index (χ3n) is 6.55. The predicted octanol–water partition coefficient (Wildman–Crippen LogP) is 7.25. The van der Waals surface area contributed by atoms with Crippen LogP contribution in [0.1, 0.15) is 28.4 Å². The molecular formula is C31H24N6O2. The van der Waals surface area contributed by atoms with Gasteiger partial charge in [0.05, 0.1) is 35.6 Å². The molecule has 39 heavy (non-hydrogen) atoms. The van der Waals surface area contributed by atoms with Crippen molar-refractivity contribution < 1.29 is 9.21 Å². The van der Waals surface area contributed by atoms with E-state index < -0.39 is 0 Å². The number of benzene rings is 2. The number of anilines is 1. The molecule has 6 aromatic rings. The van der Waals surface area contributed by atoms with E-state index in [0.29, 0.717) is 17.1 Å². The van der Waals surface area contributed by atoms with Gasteiger partial charge in [0.1, 0.15) is 11.5 Å². The summed E-state index contributed by atoms with van der Waals surface area (Å²) in [5, 5.41) is 11.6. The molecule has 0 spiro atoms. The lowest BCUT2D eigenvalue weighted by Gasteiger charge is -2.08. The molecule has 0 fully saturated rings. The van der Waals surface area contributed by atoms with E-state index in [1.807, 2.05) is 61.5 Å². The molecule has 0 atom stereocenters. The molecule has 3 N–H and O–H groups in total. The summed E-state index contributed by atoms with van der Waals surface area (Å²) in [4.78, 5) is 24.6. The van der Waals surface area contributed by atoms with Gasteiger partial charge >= 0.3 is 0 Å². The van der Waals surface area contributed by atoms with E-state index in [1.165, 1.54) is 0 Å². The number of amides is 1. The summed E-state index contributed by atoms with van der Waals surface area (Å²) < 4.78 is 5.29. The van der Waals surface area contributed by atoms with Gasteiger partial charge in [-0.1, -0.05) is 30.3 Å². The highest BCUT2D eigenvalue weighted by Crippen LogP contribution is 2.37. The Kier molecular flexibility index (Phi) is 6.18. The fourth-order valence-electron chi connectivity index (χ4n) is 4.65. The minimum Gasteiger partial charge on any atom is -0.472 e. The number of nitrogens with one attached hydrogen (secondary N) is 3. The average Bonchev–Trinajstić information content (AvgIpc) is 3.74. The summed E-state index contributed by atoms with van der Waals surface area (Å²) in [6.45, 7) is 5.73. The van der Waals surface area contributed by atoms with Crippen LogP contribution < -0.4 is 5.32 Å². The largest absolute Gasteiger partial charge is 0.472 e. The molecule has 1 amide bonds. The van der Waals surface area contributed by atoms with E-state index in [4.69, 9.17) is 4.42 Å². The lowest BCUT2D eigenvalue weighted by molar-refractivity contribution is 0.102. The van der Waals surface area contributed by atoms with E-state index in [-0.39, 0.29) is 5.91 Å². The first kappa shape index (κ1) is 23.9. The zero-order chi connectivity index (χ0) is 26.8. The molecule has 0 aliphatic heterocycles. The van der Waals surface area contributed by atoms with Gasteiger partial charge in [-0.25, -0.2) is 4.99 Å². The highest BCUT2D eigenvalue weighted by Gasteiger charge is 2.18. The first-order valence-corrected chi connectivity index (χ1v) is 12.3. The van der Waals surface area contributed by atoms with Gasteiger partial charge in [-0.2, -0.15) is 5.10 Å². The maximum Gasteiger partial charge on any atom is 0.255 e. The number of carbonyl (C=O) groups excluding carboxylic acids is 1. The zero-order valence-electron chi connectivity index (χ0n) is 21.1. The van der Waals surface area contributed by atoms with Gasteiger partial charge in [0.2, 0.25) is 0 Å². The van der Waals surface area contributed by atoms with E-state index >= 15 is 0 Å². The van der Waals surface area contributed by atoms with Gasteiger partial charge in [-0.05, 0) is 67.2 Å². The van der Waals surface area contributed by atoms with Crippen molar-refractivity contribution in [2.75, 3.05) is 5.32 Å². The summed E-state index contributed by atoms with van der Waals surface area (Å²) in [5.74, 6) is 0.463. The molecule has 2 aromatic carbocycles. The lowest BCUT2D eigenvalue weighted by Crippen LogP contribution is -2.11. The summed E-state index contributed by atoms with van der Waals surface area (Å²) in [6.07, 6.45) is 8.77. The summed E-state index contributed by atoms with van der Waals surface area (Å²) in [5.41, 5.74) is 8.29. The molecule has 4 heterocycles.